The molecular weight excluding hydrogens is 520 g/mol. The summed E-state index contributed by atoms with van der Waals surface area (Å²) in [6.07, 6.45) is 0. The summed E-state index contributed by atoms with van der Waals surface area (Å²) in [5.74, 6) is -1.15. The van der Waals surface area contributed by atoms with E-state index in [1.165, 1.54) is 0 Å². The number of hydrogen-bond acceptors (Lipinski definition) is 5. The maximum atomic E-state index is 12.9. The van der Waals surface area contributed by atoms with Gasteiger partial charge in [-0.25, -0.2) is 9.69 Å². The summed E-state index contributed by atoms with van der Waals surface area (Å²) in [7, 11) is 0. The quantitative estimate of drug-likeness (QED) is 0.243. The first-order valence-corrected chi connectivity index (χ1v) is 11.5. The van der Waals surface area contributed by atoms with Gasteiger partial charge in [0, 0.05) is 10.2 Å². The van der Waals surface area contributed by atoms with E-state index < -0.39 is 17.8 Å². The second-order valence-corrected chi connectivity index (χ2v) is 9.20. The Bertz CT molecular complexity index is 1350. The molecule has 0 saturated heterocycles. The molecular formula is C26H20BrClN2O4. The standard InChI is InChI=1S/C26H20BrClN2O4/c1-14-12-15(2)16(3)21(13-14)34-26(33)17-4-8-19(9-5-17)29-23-22(28)24(31)30(25(23)32)20-10-6-18(27)7-11-20/h4-13,29H,1-3H3. The van der Waals surface area contributed by atoms with Crippen molar-refractivity contribution in [2.45, 2.75) is 20.8 Å². The fourth-order valence-electron chi connectivity index (χ4n) is 3.54. The second-order valence-electron chi connectivity index (χ2n) is 7.91. The van der Waals surface area contributed by atoms with Gasteiger partial charge in [-0.15, -0.1) is 0 Å². The topological polar surface area (TPSA) is 75.7 Å². The van der Waals surface area contributed by atoms with Crippen LogP contribution in [-0.4, -0.2) is 17.8 Å². The number of imide groups is 1. The molecule has 3 aromatic carbocycles. The Labute approximate surface area is 210 Å². The predicted octanol–water partition coefficient (Wildman–Crippen LogP) is 6.03. The minimum absolute atomic E-state index is 0.0317. The van der Waals surface area contributed by atoms with Gasteiger partial charge in [0.15, 0.2) is 0 Å². The Morgan fingerprint density at radius 1 is 0.941 bits per heavy atom. The van der Waals surface area contributed by atoms with Crippen LogP contribution in [0.3, 0.4) is 0 Å². The first-order chi connectivity index (χ1) is 16.2. The summed E-state index contributed by atoms with van der Waals surface area (Å²) in [5.41, 5.74) is 4.16. The van der Waals surface area contributed by atoms with Crippen LogP contribution in [-0.2, 0) is 9.59 Å². The van der Waals surface area contributed by atoms with Crippen molar-refractivity contribution in [3.63, 3.8) is 0 Å². The van der Waals surface area contributed by atoms with Crippen molar-refractivity contribution in [3.8, 4) is 5.75 Å². The van der Waals surface area contributed by atoms with Crippen molar-refractivity contribution in [2.75, 3.05) is 10.2 Å². The minimum Gasteiger partial charge on any atom is -0.423 e. The second kappa shape index (κ2) is 9.44. The number of rotatable bonds is 5. The summed E-state index contributed by atoms with van der Waals surface area (Å²) >= 11 is 9.51. The van der Waals surface area contributed by atoms with E-state index in [1.54, 1.807) is 48.5 Å². The van der Waals surface area contributed by atoms with Gasteiger partial charge in [0.1, 0.15) is 16.5 Å². The van der Waals surface area contributed by atoms with E-state index in [1.807, 2.05) is 32.9 Å². The number of nitrogens with zero attached hydrogens (tertiary/aromatic N) is 1. The van der Waals surface area contributed by atoms with Crippen LogP contribution in [0.2, 0.25) is 0 Å². The maximum Gasteiger partial charge on any atom is 0.343 e. The van der Waals surface area contributed by atoms with Gasteiger partial charge in [-0.3, -0.25) is 9.59 Å². The molecule has 0 aromatic heterocycles. The lowest BCUT2D eigenvalue weighted by Crippen LogP contribution is -2.32. The van der Waals surface area contributed by atoms with Crippen molar-refractivity contribution in [2.24, 2.45) is 0 Å². The first-order valence-electron chi connectivity index (χ1n) is 10.4. The smallest absolute Gasteiger partial charge is 0.343 e. The highest BCUT2D eigenvalue weighted by atomic mass is 79.9. The summed E-state index contributed by atoms with van der Waals surface area (Å²) in [6.45, 7) is 5.81. The summed E-state index contributed by atoms with van der Waals surface area (Å²) in [6, 6.07) is 17.0. The molecule has 6 nitrogen and oxygen atoms in total. The molecule has 0 radical (unpaired) electrons. The highest BCUT2D eigenvalue weighted by Crippen LogP contribution is 2.31. The van der Waals surface area contributed by atoms with Crippen molar-refractivity contribution in [3.05, 3.63) is 98.1 Å². The SMILES string of the molecule is Cc1cc(C)c(C)c(OC(=O)c2ccc(NC3=C(Cl)C(=O)N(c4ccc(Br)cc4)C3=O)cc2)c1. The Hall–Kier alpha value is -3.42. The van der Waals surface area contributed by atoms with Crippen LogP contribution in [0.5, 0.6) is 5.75 Å². The number of amides is 2. The number of esters is 1. The first kappa shape index (κ1) is 23.7. The number of hydrogen-bond donors (Lipinski definition) is 1. The van der Waals surface area contributed by atoms with Crippen LogP contribution in [0, 0.1) is 20.8 Å². The lowest BCUT2D eigenvalue weighted by molar-refractivity contribution is -0.120. The lowest BCUT2D eigenvalue weighted by Gasteiger charge is -2.15. The Morgan fingerprint density at radius 2 is 1.59 bits per heavy atom. The zero-order chi connectivity index (χ0) is 24.6. The molecule has 4 rings (SSSR count). The Balaban J connectivity index is 1.49. The van der Waals surface area contributed by atoms with Crippen molar-refractivity contribution >= 4 is 56.7 Å². The number of nitrogens with one attached hydrogen (secondary N) is 1. The van der Waals surface area contributed by atoms with Gasteiger partial charge in [-0.05, 0) is 92.1 Å². The van der Waals surface area contributed by atoms with E-state index in [4.69, 9.17) is 16.3 Å². The zero-order valence-corrected chi connectivity index (χ0v) is 21.0. The molecule has 34 heavy (non-hydrogen) atoms. The number of ether oxygens (including phenoxy) is 1. The average molecular weight is 540 g/mol. The third-order valence-corrected chi connectivity index (χ3v) is 6.35. The molecule has 0 aliphatic carbocycles. The van der Waals surface area contributed by atoms with Crippen LogP contribution in [0.4, 0.5) is 11.4 Å². The molecule has 1 aliphatic rings. The van der Waals surface area contributed by atoms with Gasteiger partial charge in [-0.1, -0.05) is 33.6 Å². The van der Waals surface area contributed by atoms with E-state index >= 15 is 0 Å². The van der Waals surface area contributed by atoms with Crippen LogP contribution in [0.1, 0.15) is 27.0 Å². The van der Waals surface area contributed by atoms with Crippen molar-refractivity contribution < 1.29 is 19.1 Å². The monoisotopic (exact) mass is 538 g/mol. The molecule has 0 bridgehead atoms. The van der Waals surface area contributed by atoms with Crippen molar-refractivity contribution in [1.82, 2.24) is 0 Å². The molecule has 1 aliphatic heterocycles. The lowest BCUT2D eigenvalue weighted by atomic mass is 10.1. The van der Waals surface area contributed by atoms with Crippen LogP contribution < -0.4 is 15.0 Å². The number of carbonyl (C=O) groups excluding carboxylic acids is 3. The Morgan fingerprint density at radius 3 is 2.24 bits per heavy atom. The number of halogens is 2. The molecule has 0 unspecified atom stereocenters. The molecule has 0 fully saturated rings. The van der Waals surface area contributed by atoms with Crippen molar-refractivity contribution in [1.29, 1.82) is 0 Å². The normalized spacial score (nSPS) is 13.5. The van der Waals surface area contributed by atoms with Gasteiger partial charge >= 0.3 is 5.97 Å². The summed E-state index contributed by atoms with van der Waals surface area (Å²) < 4.78 is 6.41. The van der Waals surface area contributed by atoms with Gasteiger partial charge in [-0.2, -0.15) is 0 Å². The van der Waals surface area contributed by atoms with Crippen LogP contribution in [0.25, 0.3) is 0 Å². The molecule has 8 heteroatoms. The number of benzene rings is 3. The van der Waals surface area contributed by atoms with Gasteiger partial charge in [0.25, 0.3) is 11.8 Å². The maximum absolute atomic E-state index is 12.9. The number of anilines is 2. The van der Waals surface area contributed by atoms with E-state index in [0.29, 0.717) is 22.7 Å². The molecule has 2 amide bonds. The van der Waals surface area contributed by atoms with Crippen LogP contribution >= 0.6 is 27.5 Å². The van der Waals surface area contributed by atoms with E-state index in [0.717, 1.165) is 26.1 Å². The van der Waals surface area contributed by atoms with E-state index in [-0.39, 0.29) is 10.7 Å². The fourth-order valence-corrected chi connectivity index (χ4v) is 4.01. The summed E-state index contributed by atoms with van der Waals surface area (Å²) in [5, 5.41) is 2.69. The molecule has 0 atom stereocenters. The molecule has 3 aromatic rings. The highest BCUT2D eigenvalue weighted by molar-refractivity contribution is 9.10. The summed E-state index contributed by atoms with van der Waals surface area (Å²) in [4.78, 5) is 39.1. The fraction of sp³-hybridized carbons (Fsp3) is 0.115. The average Bonchev–Trinajstić information content (AvgIpc) is 3.01. The third kappa shape index (κ3) is 4.62. The number of aryl methyl sites for hydroxylation is 2. The third-order valence-electron chi connectivity index (χ3n) is 5.47. The van der Waals surface area contributed by atoms with E-state index in [9.17, 15) is 14.4 Å². The molecule has 1 heterocycles. The van der Waals surface area contributed by atoms with Gasteiger partial charge in [0.05, 0.1) is 11.3 Å². The molecule has 172 valence electrons. The van der Waals surface area contributed by atoms with Gasteiger partial charge < -0.3 is 10.1 Å². The largest absolute Gasteiger partial charge is 0.423 e. The van der Waals surface area contributed by atoms with Gasteiger partial charge in [0.2, 0.25) is 0 Å². The molecule has 0 saturated carbocycles. The number of carbonyl (C=O) groups is 3. The van der Waals surface area contributed by atoms with E-state index in [2.05, 4.69) is 21.2 Å². The Kier molecular flexibility index (Phi) is 6.59. The zero-order valence-electron chi connectivity index (χ0n) is 18.6. The minimum atomic E-state index is -0.611. The molecule has 1 N–H and O–H groups in total. The molecule has 0 spiro atoms. The highest BCUT2D eigenvalue weighted by Gasteiger charge is 2.38. The predicted molar refractivity (Wildman–Crippen MR) is 135 cm³/mol. The van der Waals surface area contributed by atoms with Crippen LogP contribution in [0.15, 0.2) is 75.9 Å².